The normalized spacial score (nSPS) is 22.5. The Morgan fingerprint density at radius 2 is 1.97 bits per heavy atom. The molecule has 1 aromatic heterocycles. The molecular formula is C26H32FN5O4. The third-order valence-electron chi connectivity index (χ3n) is 7.21. The van der Waals surface area contributed by atoms with E-state index in [0.29, 0.717) is 31.8 Å². The highest BCUT2D eigenvalue weighted by atomic mass is 19.1. The van der Waals surface area contributed by atoms with Crippen LogP contribution < -0.4 is 0 Å². The molecule has 192 valence electrons. The first kappa shape index (κ1) is 25.7. The van der Waals surface area contributed by atoms with Crippen molar-refractivity contribution >= 4 is 23.5 Å². The van der Waals surface area contributed by atoms with Crippen LogP contribution in [0.3, 0.4) is 0 Å². The number of nitrogens with zero attached hydrogens (tertiary/aromatic N) is 5. The Labute approximate surface area is 209 Å². The molecule has 2 aromatic rings. The number of imidazole rings is 1. The number of Topliss-reactive ketones (excluding diaryl/α,β-unsaturated/α-hetero) is 1. The van der Waals surface area contributed by atoms with Crippen LogP contribution in [0.2, 0.25) is 0 Å². The Bertz CT molecular complexity index is 1180. The summed E-state index contributed by atoms with van der Waals surface area (Å²) in [6, 6.07) is 5.84. The number of carbonyl (C=O) groups excluding carboxylic acids is 4. The molecule has 0 N–H and O–H groups in total. The molecule has 3 amide bonds. The molecule has 3 heterocycles. The van der Waals surface area contributed by atoms with E-state index in [-0.39, 0.29) is 43.2 Å². The molecule has 4 rings (SSSR count). The van der Waals surface area contributed by atoms with Crippen molar-refractivity contribution in [3.8, 4) is 0 Å². The highest BCUT2D eigenvalue weighted by Gasteiger charge is 2.55. The van der Waals surface area contributed by atoms with Gasteiger partial charge < -0.3 is 14.4 Å². The first-order valence-electron chi connectivity index (χ1n) is 12.2. The van der Waals surface area contributed by atoms with Crippen molar-refractivity contribution < 1.29 is 23.6 Å². The first-order valence-corrected chi connectivity index (χ1v) is 12.2. The minimum atomic E-state index is -1.61. The number of hydrogen-bond donors (Lipinski definition) is 0. The van der Waals surface area contributed by atoms with Gasteiger partial charge in [-0.1, -0.05) is 18.2 Å². The largest absolute Gasteiger partial charge is 0.342 e. The molecular weight excluding hydrogens is 465 g/mol. The molecule has 1 aromatic carbocycles. The molecule has 2 aliphatic heterocycles. The zero-order valence-corrected chi connectivity index (χ0v) is 20.9. The molecule has 0 saturated carbocycles. The number of halogens is 1. The van der Waals surface area contributed by atoms with E-state index in [0.717, 1.165) is 4.90 Å². The van der Waals surface area contributed by atoms with Gasteiger partial charge in [-0.05, 0) is 33.0 Å². The lowest BCUT2D eigenvalue weighted by molar-refractivity contribution is -0.143. The number of amides is 3. The van der Waals surface area contributed by atoms with E-state index in [9.17, 15) is 19.2 Å². The van der Waals surface area contributed by atoms with E-state index in [1.54, 1.807) is 35.0 Å². The maximum atomic E-state index is 15.0. The number of piperidine rings is 1. The van der Waals surface area contributed by atoms with Crippen LogP contribution in [0.4, 0.5) is 4.39 Å². The number of hydrogen-bond acceptors (Lipinski definition) is 6. The van der Waals surface area contributed by atoms with Gasteiger partial charge in [0, 0.05) is 69.9 Å². The molecule has 36 heavy (non-hydrogen) atoms. The van der Waals surface area contributed by atoms with E-state index < -0.39 is 29.0 Å². The Kier molecular flexibility index (Phi) is 7.35. The summed E-state index contributed by atoms with van der Waals surface area (Å²) in [6.07, 6.45) is 3.91. The molecule has 0 spiro atoms. The topological polar surface area (TPSA) is 95.8 Å². The zero-order valence-electron chi connectivity index (χ0n) is 20.9. The quantitative estimate of drug-likeness (QED) is 0.406. The van der Waals surface area contributed by atoms with Gasteiger partial charge in [0.25, 0.3) is 0 Å². The molecule has 0 aliphatic carbocycles. The monoisotopic (exact) mass is 497 g/mol. The molecule has 0 bridgehead atoms. The van der Waals surface area contributed by atoms with Gasteiger partial charge in [0.1, 0.15) is 5.82 Å². The zero-order chi connectivity index (χ0) is 26.0. The lowest BCUT2D eigenvalue weighted by atomic mass is 9.75. The summed E-state index contributed by atoms with van der Waals surface area (Å²) < 4.78 is 16.7. The van der Waals surface area contributed by atoms with Crippen molar-refractivity contribution in [2.75, 3.05) is 40.3 Å². The van der Waals surface area contributed by atoms with Crippen molar-refractivity contribution in [2.45, 2.75) is 31.1 Å². The molecule has 0 radical (unpaired) electrons. The van der Waals surface area contributed by atoms with Crippen LogP contribution in [0.5, 0.6) is 0 Å². The Morgan fingerprint density at radius 1 is 1.22 bits per heavy atom. The fourth-order valence-corrected chi connectivity index (χ4v) is 5.19. The maximum Gasteiger partial charge on any atom is 0.241 e. The van der Waals surface area contributed by atoms with Crippen LogP contribution >= 0.6 is 0 Å². The van der Waals surface area contributed by atoms with Crippen molar-refractivity contribution in [1.29, 1.82) is 0 Å². The lowest BCUT2D eigenvalue weighted by Crippen LogP contribution is -2.48. The number of ketones is 1. The van der Waals surface area contributed by atoms with Crippen LogP contribution in [-0.4, -0.2) is 88.0 Å². The predicted molar refractivity (Wildman–Crippen MR) is 129 cm³/mol. The van der Waals surface area contributed by atoms with E-state index in [1.807, 2.05) is 19.0 Å². The minimum absolute atomic E-state index is 0.0571. The van der Waals surface area contributed by atoms with E-state index in [4.69, 9.17) is 0 Å². The van der Waals surface area contributed by atoms with E-state index in [2.05, 4.69) is 4.98 Å². The molecule has 2 fully saturated rings. The summed E-state index contributed by atoms with van der Waals surface area (Å²) >= 11 is 0. The summed E-state index contributed by atoms with van der Waals surface area (Å²) in [5.74, 6) is -2.17. The summed E-state index contributed by atoms with van der Waals surface area (Å²) in [4.78, 5) is 61.9. The van der Waals surface area contributed by atoms with Crippen molar-refractivity contribution in [2.24, 2.45) is 13.0 Å². The maximum absolute atomic E-state index is 15.0. The fraction of sp³-hybridized carbons (Fsp3) is 0.500. The second-order valence-electron chi connectivity index (χ2n) is 9.97. The fourth-order valence-electron chi connectivity index (χ4n) is 5.19. The molecule has 2 atom stereocenters. The van der Waals surface area contributed by atoms with Crippen LogP contribution in [0, 0.1) is 11.7 Å². The number of likely N-dealkylation sites (tertiary alicyclic amines) is 2. The Balaban J connectivity index is 1.59. The van der Waals surface area contributed by atoms with Gasteiger partial charge in [-0.3, -0.25) is 24.1 Å². The summed E-state index contributed by atoms with van der Waals surface area (Å²) in [5, 5.41) is 0. The smallest absolute Gasteiger partial charge is 0.241 e. The number of benzene rings is 1. The van der Waals surface area contributed by atoms with Gasteiger partial charge in [-0.15, -0.1) is 0 Å². The first-order chi connectivity index (χ1) is 17.1. The van der Waals surface area contributed by atoms with Crippen LogP contribution in [-0.2, 0) is 26.8 Å². The average molecular weight is 498 g/mol. The SMILES string of the molecule is CN(C)CCN1C(=O)C[C@](CC(=O)N2CCC[C@H](C(=O)c3nccn3C)C2)(c2ccccc2F)C1=O. The van der Waals surface area contributed by atoms with Crippen LogP contribution in [0.25, 0.3) is 0 Å². The van der Waals surface area contributed by atoms with Gasteiger partial charge in [0.15, 0.2) is 5.82 Å². The molecule has 2 saturated heterocycles. The number of imide groups is 1. The third kappa shape index (κ3) is 4.82. The van der Waals surface area contributed by atoms with Gasteiger partial charge in [-0.2, -0.15) is 0 Å². The number of aryl methyl sites for hydroxylation is 1. The predicted octanol–water partition coefficient (Wildman–Crippen LogP) is 1.63. The van der Waals surface area contributed by atoms with Gasteiger partial charge >= 0.3 is 0 Å². The second-order valence-corrected chi connectivity index (χ2v) is 9.97. The third-order valence-corrected chi connectivity index (χ3v) is 7.21. The number of aromatic nitrogens is 2. The molecule has 10 heteroatoms. The summed E-state index contributed by atoms with van der Waals surface area (Å²) in [5.41, 5.74) is -1.55. The highest BCUT2D eigenvalue weighted by molar-refractivity contribution is 6.10. The van der Waals surface area contributed by atoms with Gasteiger partial charge in [-0.25, -0.2) is 9.37 Å². The Hall–Kier alpha value is -3.40. The Morgan fingerprint density at radius 3 is 2.64 bits per heavy atom. The highest BCUT2D eigenvalue weighted by Crippen LogP contribution is 2.41. The van der Waals surface area contributed by atoms with E-state index >= 15 is 4.39 Å². The minimum Gasteiger partial charge on any atom is -0.342 e. The van der Waals surface area contributed by atoms with Crippen LogP contribution in [0.15, 0.2) is 36.7 Å². The molecule has 2 aliphatic rings. The van der Waals surface area contributed by atoms with E-state index in [1.165, 1.54) is 18.2 Å². The summed E-state index contributed by atoms with van der Waals surface area (Å²) in [7, 11) is 5.41. The average Bonchev–Trinajstić information content (AvgIpc) is 3.38. The van der Waals surface area contributed by atoms with Crippen molar-refractivity contribution in [3.63, 3.8) is 0 Å². The standard InChI is InChI=1S/C26H32FN5O4/c1-29(2)13-14-32-22(34)16-26(25(32)36,19-8-4-5-9-20(19)27)15-21(33)31-11-6-7-18(17-31)23(35)24-28-10-12-30(24)3/h4-5,8-10,12,18H,6-7,11,13-17H2,1-3H3/t18-,26+/m0/s1. The van der Waals surface area contributed by atoms with Crippen LogP contribution in [0.1, 0.15) is 41.9 Å². The lowest BCUT2D eigenvalue weighted by Gasteiger charge is -2.35. The number of likely N-dealkylation sites (N-methyl/N-ethyl adjacent to an activating group) is 1. The van der Waals surface area contributed by atoms with Gasteiger partial charge in [0.2, 0.25) is 23.5 Å². The van der Waals surface area contributed by atoms with Gasteiger partial charge in [0.05, 0.1) is 5.41 Å². The second kappa shape index (κ2) is 10.3. The molecule has 9 nitrogen and oxygen atoms in total. The van der Waals surface area contributed by atoms with Crippen molar-refractivity contribution in [1.82, 2.24) is 24.3 Å². The van der Waals surface area contributed by atoms with Crippen molar-refractivity contribution in [3.05, 3.63) is 53.9 Å². The molecule has 0 unspecified atom stereocenters. The number of carbonyl (C=O) groups is 4. The summed E-state index contributed by atoms with van der Waals surface area (Å²) in [6.45, 7) is 1.26. The number of rotatable bonds is 8.